The molecule has 9 nitrogen and oxygen atoms in total. The van der Waals surface area contributed by atoms with E-state index in [1.54, 1.807) is 11.0 Å². The van der Waals surface area contributed by atoms with Gasteiger partial charge >= 0.3 is 6.18 Å². The van der Waals surface area contributed by atoms with E-state index in [0.717, 1.165) is 6.20 Å². The van der Waals surface area contributed by atoms with Gasteiger partial charge in [-0.3, -0.25) is 14.5 Å². The van der Waals surface area contributed by atoms with Crippen molar-refractivity contribution in [2.24, 2.45) is 5.92 Å². The van der Waals surface area contributed by atoms with Crippen LogP contribution in [0.4, 0.5) is 28.9 Å². The molecule has 13 heteroatoms. The second-order valence-corrected chi connectivity index (χ2v) is 11.4. The van der Waals surface area contributed by atoms with Crippen LogP contribution in [0, 0.1) is 11.7 Å². The maximum absolute atomic E-state index is 15.7. The van der Waals surface area contributed by atoms with E-state index in [4.69, 9.17) is 4.74 Å². The lowest BCUT2D eigenvalue weighted by molar-refractivity contribution is -0.189. The molecular weight excluding hydrogens is 558 g/mol. The third-order valence-corrected chi connectivity index (χ3v) is 7.69. The highest BCUT2D eigenvalue weighted by Gasteiger charge is 2.36. The van der Waals surface area contributed by atoms with E-state index in [0.29, 0.717) is 37.0 Å². The van der Waals surface area contributed by atoms with Gasteiger partial charge in [0.1, 0.15) is 5.82 Å². The summed E-state index contributed by atoms with van der Waals surface area (Å²) in [7, 11) is 1.98. The fraction of sp³-hybridized carbons (Fsp3) is 0.517. The predicted octanol–water partition coefficient (Wildman–Crippen LogP) is 3.96. The minimum Gasteiger partial charge on any atom is -0.367 e. The number of rotatable bonds is 8. The number of aromatic amines is 1. The van der Waals surface area contributed by atoms with Gasteiger partial charge < -0.3 is 25.0 Å². The molecule has 0 spiro atoms. The number of nitrogens with one attached hydrogen (secondary N) is 2. The Balaban J connectivity index is 1.70. The molecule has 1 saturated heterocycles. The summed E-state index contributed by atoms with van der Waals surface area (Å²) in [6.45, 7) is 9.66. The molecule has 1 fully saturated rings. The van der Waals surface area contributed by atoms with Crippen LogP contribution in [0.2, 0.25) is 0 Å². The number of benzene rings is 1. The van der Waals surface area contributed by atoms with E-state index in [1.807, 2.05) is 39.6 Å². The van der Waals surface area contributed by atoms with Crippen molar-refractivity contribution in [2.75, 3.05) is 50.1 Å². The summed E-state index contributed by atoms with van der Waals surface area (Å²) in [5, 5.41) is 13.0. The van der Waals surface area contributed by atoms with Gasteiger partial charge in [-0.2, -0.15) is 13.2 Å². The summed E-state index contributed by atoms with van der Waals surface area (Å²) < 4.78 is 62.3. The van der Waals surface area contributed by atoms with Crippen LogP contribution in [-0.2, 0) is 10.9 Å². The number of H-pyrrole nitrogens is 1. The number of aromatic nitrogens is 1. The fourth-order valence-corrected chi connectivity index (χ4v) is 5.18. The second kappa shape index (κ2) is 12.5. The molecule has 0 radical (unpaired) electrons. The highest BCUT2D eigenvalue weighted by molar-refractivity contribution is 6.07. The zero-order chi connectivity index (χ0) is 30.9. The van der Waals surface area contributed by atoms with Crippen LogP contribution >= 0.6 is 0 Å². The van der Waals surface area contributed by atoms with Crippen molar-refractivity contribution in [3.05, 3.63) is 63.3 Å². The summed E-state index contributed by atoms with van der Waals surface area (Å²) in [6, 6.07) is 3.18. The standard InChI is InChI=1S/C29H37F4N5O4/c1-16(2)15-42-28(41)37-7-6-19(14-37)20-8-24(25(10-23(20)30)38-12-17(3)36(5)18(4)13-38)35-27(40)21-11-34-26(39)9-22(21)29(31,32)33/h6,8-11,16-18,28,41H,7,12-15H2,1-5H3,(H,34,39)(H,35,40)/t17-,18+,28?. The summed E-state index contributed by atoms with van der Waals surface area (Å²) in [6.07, 6.45) is -3.69. The zero-order valence-electron chi connectivity index (χ0n) is 24.3. The van der Waals surface area contributed by atoms with Gasteiger partial charge in [0.2, 0.25) is 12.0 Å². The summed E-state index contributed by atoms with van der Waals surface area (Å²) in [5.41, 5.74) is -2.03. The summed E-state index contributed by atoms with van der Waals surface area (Å²) in [5.74, 6) is -1.48. The van der Waals surface area contributed by atoms with Gasteiger partial charge in [0.25, 0.3) is 5.91 Å². The lowest BCUT2D eigenvalue weighted by Crippen LogP contribution is -2.55. The van der Waals surface area contributed by atoms with Crippen molar-refractivity contribution in [2.45, 2.75) is 52.4 Å². The largest absolute Gasteiger partial charge is 0.417 e. The highest BCUT2D eigenvalue weighted by Crippen LogP contribution is 2.37. The van der Waals surface area contributed by atoms with Crippen molar-refractivity contribution in [1.29, 1.82) is 0 Å². The molecule has 3 heterocycles. The van der Waals surface area contributed by atoms with E-state index in [9.17, 15) is 27.9 Å². The molecule has 230 valence electrons. The molecule has 0 saturated carbocycles. The number of carbonyl (C=O) groups is 1. The lowest BCUT2D eigenvalue weighted by Gasteiger charge is -2.44. The first-order chi connectivity index (χ1) is 19.6. The number of amides is 1. The van der Waals surface area contributed by atoms with Crippen molar-refractivity contribution in [3.8, 4) is 0 Å². The van der Waals surface area contributed by atoms with Crippen molar-refractivity contribution in [3.63, 3.8) is 0 Å². The molecule has 1 aromatic carbocycles. The van der Waals surface area contributed by atoms with Crippen LogP contribution in [0.5, 0.6) is 0 Å². The number of nitrogens with zero attached hydrogens (tertiary/aromatic N) is 3. The molecule has 3 N–H and O–H groups in total. The number of likely N-dealkylation sites (N-methyl/N-ethyl adjacent to an activating group) is 1. The first kappa shape index (κ1) is 31.7. The second-order valence-electron chi connectivity index (χ2n) is 11.4. The Morgan fingerprint density at radius 3 is 2.48 bits per heavy atom. The average Bonchev–Trinajstić information content (AvgIpc) is 3.40. The smallest absolute Gasteiger partial charge is 0.367 e. The van der Waals surface area contributed by atoms with Crippen LogP contribution in [0.3, 0.4) is 0 Å². The third kappa shape index (κ3) is 7.02. The van der Waals surface area contributed by atoms with Crippen molar-refractivity contribution < 1.29 is 32.2 Å². The topological polar surface area (TPSA) is 101 Å². The minimum atomic E-state index is -4.95. The number of pyridine rings is 1. The van der Waals surface area contributed by atoms with Crippen LogP contribution in [0.25, 0.3) is 5.57 Å². The first-order valence-electron chi connectivity index (χ1n) is 13.8. The van der Waals surface area contributed by atoms with Crippen LogP contribution < -0.4 is 15.8 Å². The Morgan fingerprint density at radius 1 is 1.19 bits per heavy atom. The maximum Gasteiger partial charge on any atom is 0.417 e. The Kier molecular flexibility index (Phi) is 9.46. The number of hydrogen-bond donors (Lipinski definition) is 3. The maximum atomic E-state index is 15.7. The van der Waals surface area contributed by atoms with E-state index in [1.165, 1.54) is 12.1 Å². The number of halogens is 4. The van der Waals surface area contributed by atoms with Crippen LogP contribution in [0.15, 0.2) is 35.3 Å². The van der Waals surface area contributed by atoms with E-state index in [2.05, 4.69) is 15.2 Å². The van der Waals surface area contributed by atoms with Gasteiger partial charge in [0.05, 0.1) is 29.1 Å². The number of anilines is 2. The number of ether oxygens (including phenoxy) is 1. The lowest BCUT2D eigenvalue weighted by atomic mass is 10.0. The van der Waals surface area contributed by atoms with Crippen molar-refractivity contribution in [1.82, 2.24) is 14.8 Å². The number of aliphatic hydroxyl groups excluding tert-OH is 1. The number of aliphatic hydroxyl groups is 1. The molecule has 2 aliphatic heterocycles. The minimum absolute atomic E-state index is 0.0782. The van der Waals surface area contributed by atoms with E-state index in [-0.39, 0.29) is 42.3 Å². The van der Waals surface area contributed by atoms with Crippen molar-refractivity contribution >= 4 is 22.9 Å². The molecule has 1 amide bonds. The zero-order valence-corrected chi connectivity index (χ0v) is 24.3. The monoisotopic (exact) mass is 595 g/mol. The van der Waals surface area contributed by atoms with Crippen LogP contribution in [-0.4, -0.2) is 84.1 Å². The highest BCUT2D eigenvalue weighted by atomic mass is 19.4. The molecule has 3 atom stereocenters. The predicted molar refractivity (Wildman–Crippen MR) is 152 cm³/mol. The molecule has 0 bridgehead atoms. The van der Waals surface area contributed by atoms with Gasteiger partial charge in [0, 0.05) is 56.1 Å². The average molecular weight is 596 g/mol. The third-order valence-electron chi connectivity index (χ3n) is 7.69. The van der Waals surface area contributed by atoms with E-state index >= 15 is 4.39 Å². The summed E-state index contributed by atoms with van der Waals surface area (Å²) in [4.78, 5) is 32.7. The van der Waals surface area contributed by atoms with Gasteiger partial charge in [-0.25, -0.2) is 9.29 Å². The molecule has 2 aromatic rings. The first-order valence-corrected chi connectivity index (χ1v) is 13.8. The molecule has 4 rings (SSSR count). The Morgan fingerprint density at radius 2 is 1.86 bits per heavy atom. The van der Waals surface area contributed by atoms with E-state index < -0.39 is 41.0 Å². The van der Waals surface area contributed by atoms with Gasteiger partial charge in [-0.15, -0.1) is 0 Å². The molecule has 1 aromatic heterocycles. The SMILES string of the molecule is CC(C)COC(O)N1CC=C(c2cc(NC(=O)c3c[nH]c(=O)cc3C(F)(F)F)c(N3C[C@@H](C)N(C)[C@@H](C)C3)cc2F)C1. The molecule has 0 aliphatic carbocycles. The molecule has 1 unspecified atom stereocenters. The fourth-order valence-electron chi connectivity index (χ4n) is 5.18. The van der Waals surface area contributed by atoms with Gasteiger partial charge in [-0.1, -0.05) is 19.9 Å². The number of piperazine rings is 1. The van der Waals surface area contributed by atoms with Gasteiger partial charge in [-0.05, 0) is 44.5 Å². The molecule has 2 aliphatic rings. The Hall–Kier alpha value is -3.26. The normalized spacial score (nSPS) is 21.1. The quantitative estimate of drug-likeness (QED) is 0.314. The number of carbonyl (C=O) groups excluding carboxylic acids is 1. The molecule has 42 heavy (non-hydrogen) atoms. The molecular formula is C29H37F4N5O4. The number of alkyl halides is 3. The Labute approximate surface area is 241 Å². The Bertz CT molecular complexity index is 1380. The summed E-state index contributed by atoms with van der Waals surface area (Å²) >= 11 is 0. The number of hydrogen-bond acceptors (Lipinski definition) is 7. The van der Waals surface area contributed by atoms with Gasteiger partial charge in [0.15, 0.2) is 0 Å². The van der Waals surface area contributed by atoms with Crippen LogP contribution in [0.1, 0.15) is 49.2 Å².